The molecule has 532 valence electrons. The van der Waals surface area contributed by atoms with Gasteiger partial charge in [0.2, 0.25) is 0 Å². The summed E-state index contributed by atoms with van der Waals surface area (Å²) in [6.07, 6.45) is 0. The van der Waals surface area contributed by atoms with Gasteiger partial charge in [-0.3, -0.25) is 0 Å². The van der Waals surface area contributed by atoms with E-state index >= 15 is 0 Å². The molecule has 19 rings (SSSR count). The Balaban J connectivity index is 0.587. The van der Waals surface area contributed by atoms with E-state index in [1.165, 1.54) is 50.2 Å². The first-order valence-corrected chi connectivity index (χ1v) is 36.9. The number of ether oxygens (including phenoxy) is 7. The molecule has 0 aliphatic heterocycles. The molecule has 110 heavy (non-hydrogen) atoms. The monoisotopic (exact) mass is 1430 g/mol. The Labute approximate surface area is 634 Å². The van der Waals surface area contributed by atoms with Crippen molar-refractivity contribution in [3.05, 3.63) is 385 Å². The lowest BCUT2D eigenvalue weighted by atomic mass is 10.1. The van der Waals surface area contributed by atoms with Crippen LogP contribution in [0.4, 0.5) is 0 Å². The lowest BCUT2D eigenvalue weighted by Crippen LogP contribution is -2.05. The quantitative estimate of drug-likeness (QED) is 0.0584. The summed E-state index contributed by atoms with van der Waals surface area (Å²) in [6.45, 7) is 1.36. The molecule has 0 N–H and O–H groups in total. The molecule has 0 unspecified atom stereocenters. The van der Waals surface area contributed by atoms with Crippen molar-refractivity contribution < 1.29 is 38.0 Å². The molecule has 0 radical (unpaired) electrons. The highest BCUT2D eigenvalue weighted by atomic mass is 16.5. The predicted molar refractivity (Wildman–Crippen MR) is 440 cm³/mol. The van der Waals surface area contributed by atoms with Gasteiger partial charge in [-0.15, -0.1) is 0 Å². The molecule has 0 atom stereocenters. The highest BCUT2D eigenvalue weighted by Crippen LogP contribution is 2.39. The van der Waals surface area contributed by atoms with Gasteiger partial charge in [-0.25, -0.2) is 4.79 Å². The van der Waals surface area contributed by atoms with Crippen LogP contribution in [0.25, 0.3) is 110 Å². The highest BCUT2D eigenvalue weighted by molar-refractivity contribution is 6.12. The van der Waals surface area contributed by atoms with Gasteiger partial charge in [0.05, 0.1) is 56.8 Å². The van der Waals surface area contributed by atoms with Gasteiger partial charge >= 0.3 is 5.97 Å². The van der Waals surface area contributed by atoms with Gasteiger partial charge in [0.15, 0.2) is 0 Å². The molecule has 15 aromatic carbocycles. The van der Waals surface area contributed by atoms with Crippen LogP contribution in [0.15, 0.2) is 346 Å². The van der Waals surface area contributed by atoms with E-state index in [2.05, 4.69) is 309 Å². The first-order valence-electron chi connectivity index (χ1n) is 36.9. The Bertz CT molecular complexity index is 5700. The van der Waals surface area contributed by atoms with Crippen molar-refractivity contribution in [1.29, 1.82) is 0 Å². The number of carbonyl (C=O) groups excluding carboxylic acids is 1. The average Bonchev–Trinajstić information content (AvgIpc) is 1.62. The van der Waals surface area contributed by atoms with E-state index in [-0.39, 0.29) is 18.8 Å². The van der Waals surface area contributed by atoms with Gasteiger partial charge in [0, 0.05) is 84.0 Å². The number of aromatic nitrogens is 4. The second-order valence-electron chi connectivity index (χ2n) is 27.7. The molecule has 4 heterocycles. The minimum Gasteiger partial charge on any atom is -0.489 e. The molecule has 12 heteroatoms. The van der Waals surface area contributed by atoms with E-state index in [0.29, 0.717) is 60.9 Å². The minimum absolute atomic E-state index is 0.0878. The molecular weight excluding hydrogens is 1360 g/mol. The Kier molecular flexibility index (Phi) is 17.5. The molecule has 19 aromatic rings. The summed E-state index contributed by atoms with van der Waals surface area (Å²) >= 11 is 0. The normalized spacial score (nSPS) is 11.6. The zero-order valence-corrected chi connectivity index (χ0v) is 60.2. The molecule has 0 spiro atoms. The molecule has 0 aliphatic carbocycles. The summed E-state index contributed by atoms with van der Waals surface area (Å²) in [7, 11) is 1.36. The third kappa shape index (κ3) is 12.9. The van der Waals surface area contributed by atoms with Crippen LogP contribution in [0, 0.1) is 0 Å². The first kappa shape index (κ1) is 66.5. The van der Waals surface area contributed by atoms with Crippen LogP contribution in [0.1, 0.15) is 43.7 Å². The third-order valence-corrected chi connectivity index (χ3v) is 20.7. The van der Waals surface area contributed by atoms with Crippen molar-refractivity contribution in [2.45, 2.75) is 39.6 Å². The van der Waals surface area contributed by atoms with Gasteiger partial charge in [0.1, 0.15) is 74.1 Å². The number of hydrogen-bond donors (Lipinski definition) is 0. The van der Waals surface area contributed by atoms with Crippen LogP contribution in [-0.2, 0) is 44.4 Å². The number of methoxy groups -OCH3 is 1. The van der Waals surface area contributed by atoms with E-state index < -0.39 is 5.97 Å². The molecule has 0 bridgehead atoms. The van der Waals surface area contributed by atoms with Crippen LogP contribution in [0.5, 0.6) is 34.5 Å². The standard InChI is InChI=1S/C98H72N4O8/c1-104-98(103)71-54-80(109-63-69-50-76(105-59-65-34-42-72(43-35-65)99-90-26-10-2-18-82(90)83-19-3-11-27-91(83)99)56-77(51-69)106-60-66-36-44-73(45-37-66)100-92-28-12-4-20-84(92)85-21-5-13-29-93(85)100)58-81(55-71)110-64-70-52-78(107-61-67-38-46-74(47-39-67)101-94-30-14-6-22-86(94)87-23-7-15-31-95(87)101)57-79(53-70)108-62-68-40-48-75(49-41-68)102-96-32-16-8-24-88(96)89-25-9-17-33-97(89)102/h2-58H,59-64H2,1H3. The number of nitrogens with zero attached hydrogens (tertiary/aromatic N) is 4. The van der Waals surface area contributed by atoms with Crippen molar-refractivity contribution in [3.63, 3.8) is 0 Å². The van der Waals surface area contributed by atoms with Crippen LogP contribution < -0.4 is 28.4 Å². The summed E-state index contributed by atoms with van der Waals surface area (Å²) in [5, 5.41) is 9.67. The van der Waals surface area contributed by atoms with Gasteiger partial charge in [-0.2, -0.15) is 0 Å². The SMILES string of the molecule is COC(=O)c1cc(OCc2cc(OCc3ccc(-n4c5ccccc5c5ccccc54)cc3)cc(OCc3ccc(-n4c5ccccc5c5ccccc54)cc3)c2)cc(OCc2cc(OCc3ccc(-n4c5ccccc5c5ccccc54)cc3)cc(OCc3ccc(-n4c5ccccc5c5ccccc54)cc3)c2)c1. The molecule has 0 aliphatic rings. The summed E-state index contributed by atoms with van der Waals surface area (Å²) in [4.78, 5) is 13.5. The fourth-order valence-electron chi connectivity index (χ4n) is 15.5. The van der Waals surface area contributed by atoms with Crippen LogP contribution in [0.3, 0.4) is 0 Å². The molecule has 4 aromatic heterocycles. The smallest absolute Gasteiger partial charge is 0.338 e. The van der Waals surface area contributed by atoms with E-state index in [9.17, 15) is 4.79 Å². The van der Waals surface area contributed by atoms with E-state index in [1.54, 1.807) is 18.2 Å². The third-order valence-electron chi connectivity index (χ3n) is 20.7. The summed E-state index contributed by atoms with van der Waals surface area (Å²) in [6, 6.07) is 119. The van der Waals surface area contributed by atoms with Gasteiger partial charge in [0.25, 0.3) is 0 Å². The van der Waals surface area contributed by atoms with Gasteiger partial charge in [-0.05, 0) is 167 Å². The number of benzene rings is 15. The van der Waals surface area contributed by atoms with E-state index in [0.717, 1.165) is 100 Å². The maximum atomic E-state index is 13.5. The van der Waals surface area contributed by atoms with Crippen LogP contribution in [0.2, 0.25) is 0 Å². The number of rotatable bonds is 23. The Hall–Kier alpha value is -14.2. The molecule has 12 nitrogen and oxygen atoms in total. The van der Waals surface area contributed by atoms with Crippen molar-refractivity contribution in [3.8, 4) is 57.2 Å². The number of para-hydroxylation sites is 8. The fourth-order valence-corrected chi connectivity index (χ4v) is 15.5. The van der Waals surface area contributed by atoms with Crippen molar-refractivity contribution in [2.75, 3.05) is 7.11 Å². The maximum absolute atomic E-state index is 13.5. The van der Waals surface area contributed by atoms with E-state index in [4.69, 9.17) is 33.2 Å². The minimum atomic E-state index is -0.546. The number of hydrogen-bond acceptors (Lipinski definition) is 8. The highest BCUT2D eigenvalue weighted by Gasteiger charge is 2.19. The second-order valence-corrected chi connectivity index (χ2v) is 27.7. The lowest BCUT2D eigenvalue weighted by molar-refractivity contribution is 0.0599. The summed E-state index contributed by atoms with van der Waals surface area (Å²) in [5.74, 6) is 2.61. The second kappa shape index (κ2) is 28.9. The molecule has 0 saturated heterocycles. The zero-order chi connectivity index (χ0) is 73.4. The number of esters is 1. The van der Waals surface area contributed by atoms with Crippen LogP contribution in [-0.4, -0.2) is 31.3 Å². The van der Waals surface area contributed by atoms with Gasteiger partial charge < -0.3 is 51.4 Å². The number of carbonyl (C=O) groups is 1. The molecular formula is C98H72N4O8. The topological polar surface area (TPSA) is 101 Å². The van der Waals surface area contributed by atoms with Gasteiger partial charge in [-0.1, -0.05) is 194 Å². The summed E-state index contributed by atoms with van der Waals surface area (Å²) < 4.78 is 54.5. The average molecular weight is 1430 g/mol. The van der Waals surface area contributed by atoms with Crippen LogP contribution >= 0.6 is 0 Å². The van der Waals surface area contributed by atoms with E-state index in [1.807, 2.05) is 36.4 Å². The molecule has 0 saturated carbocycles. The number of fused-ring (bicyclic) bond motifs is 12. The van der Waals surface area contributed by atoms with Crippen molar-refractivity contribution in [2.24, 2.45) is 0 Å². The predicted octanol–water partition coefficient (Wildman–Crippen LogP) is 23.3. The lowest BCUT2D eigenvalue weighted by Gasteiger charge is -2.16. The summed E-state index contributed by atoms with van der Waals surface area (Å²) in [5.41, 5.74) is 19.2. The Morgan fingerprint density at radius 2 is 0.400 bits per heavy atom. The molecule has 0 amide bonds. The Morgan fingerprint density at radius 1 is 0.218 bits per heavy atom. The zero-order valence-electron chi connectivity index (χ0n) is 60.2. The fraction of sp³-hybridized carbons (Fsp3) is 0.0714. The van der Waals surface area contributed by atoms with Crippen molar-refractivity contribution >= 4 is 93.2 Å². The maximum Gasteiger partial charge on any atom is 0.338 e. The van der Waals surface area contributed by atoms with Crippen molar-refractivity contribution in [1.82, 2.24) is 18.3 Å². The first-order chi connectivity index (χ1) is 54.3. The molecule has 0 fully saturated rings. The largest absolute Gasteiger partial charge is 0.489 e. The Morgan fingerprint density at radius 3 is 0.600 bits per heavy atom.